The molecule has 2 aromatic heterocycles. The minimum absolute atomic E-state index is 0.00972. The number of likely N-dealkylation sites (tertiary alicyclic amines) is 2. The molecule has 0 saturated carbocycles. The second-order valence-electron chi connectivity index (χ2n) is 19.2. The third-order valence-electron chi connectivity index (χ3n) is 14.1. The van der Waals surface area contributed by atoms with Crippen LogP contribution in [0.15, 0.2) is 67.0 Å². The van der Waals surface area contributed by atoms with Gasteiger partial charge < -0.3 is 34.8 Å². The van der Waals surface area contributed by atoms with Crippen LogP contribution in [0.1, 0.15) is 61.0 Å². The lowest BCUT2D eigenvalue weighted by molar-refractivity contribution is -0.120. The molecule has 6 amide bonds. The number of rotatable bonds is 12. The number of H-pyrrole nitrogens is 1. The van der Waals surface area contributed by atoms with Gasteiger partial charge in [0.25, 0.3) is 5.91 Å². The van der Waals surface area contributed by atoms with E-state index in [-0.39, 0.29) is 43.3 Å². The number of piperazine rings is 1. The molecule has 17 heteroatoms. The van der Waals surface area contributed by atoms with Crippen LogP contribution in [0.5, 0.6) is 5.75 Å². The first-order valence-corrected chi connectivity index (χ1v) is 23.8. The molecule has 9 rings (SSSR count). The van der Waals surface area contributed by atoms with Gasteiger partial charge in [0.2, 0.25) is 5.91 Å². The Morgan fingerprint density at radius 2 is 1.66 bits per heavy atom. The van der Waals surface area contributed by atoms with E-state index in [2.05, 4.69) is 73.5 Å². The summed E-state index contributed by atoms with van der Waals surface area (Å²) in [5, 5.41) is 16.6. The summed E-state index contributed by atoms with van der Waals surface area (Å²) in [6.45, 7) is 14.1. The average Bonchev–Trinajstić information content (AvgIpc) is 3.94. The van der Waals surface area contributed by atoms with Crippen molar-refractivity contribution in [2.45, 2.75) is 59.1 Å². The van der Waals surface area contributed by atoms with Crippen molar-refractivity contribution in [3.05, 3.63) is 89.5 Å². The summed E-state index contributed by atoms with van der Waals surface area (Å²) in [4.78, 5) is 73.7. The quantitative estimate of drug-likeness (QED) is 0.105. The number of carbonyl (C=O) groups excluding carboxylic acids is 4. The molecular formula is C51H61FN10O6. The van der Waals surface area contributed by atoms with Gasteiger partial charge in [0.15, 0.2) is 0 Å². The standard InChI is InChI=1S/C51H61FN10O6/c1-31(2)21-37-28-61(29-44(37)63)50(66)56-41-24-38(52)23-39(32(41)3)47-40-25-42(55-48(40)54-30-53-47)35-7-5-33(6-8-35)26-58-17-19-59(20-18-58)27-34-11-14-60(15-12-34)49(65)36-9-10-45(68-4)43(22-36)62-16-13-46(64)57-51(62)67/h5-10,22-25,30-31,34,37,44,63H,11-21,26-29H2,1-4H3,(H,56,66)(H,53,54,55)(H,57,64,67). The highest BCUT2D eigenvalue weighted by molar-refractivity contribution is 6.07. The van der Waals surface area contributed by atoms with Crippen molar-refractivity contribution in [1.82, 2.24) is 39.9 Å². The number of anilines is 2. The molecule has 0 aliphatic carbocycles. The number of nitrogens with one attached hydrogen (secondary N) is 3. The smallest absolute Gasteiger partial charge is 0.328 e. The van der Waals surface area contributed by atoms with Crippen LogP contribution in [0.25, 0.3) is 33.5 Å². The number of aromatic nitrogens is 3. The van der Waals surface area contributed by atoms with Crippen molar-refractivity contribution in [1.29, 1.82) is 0 Å². The monoisotopic (exact) mass is 928 g/mol. The molecule has 5 aromatic rings. The van der Waals surface area contributed by atoms with Gasteiger partial charge in [-0.25, -0.2) is 23.9 Å². The highest BCUT2D eigenvalue weighted by atomic mass is 19.1. The minimum atomic E-state index is -0.585. The zero-order valence-corrected chi connectivity index (χ0v) is 39.3. The zero-order valence-electron chi connectivity index (χ0n) is 39.3. The lowest BCUT2D eigenvalue weighted by atomic mass is 9.95. The normalized spacial score (nSPS) is 19.8. The van der Waals surface area contributed by atoms with E-state index < -0.39 is 18.0 Å². The molecular weight excluding hydrogens is 868 g/mol. The summed E-state index contributed by atoms with van der Waals surface area (Å²) in [6, 6.07) is 17.5. The van der Waals surface area contributed by atoms with Crippen LogP contribution in [0, 0.1) is 30.5 Å². The van der Waals surface area contributed by atoms with E-state index in [0.29, 0.717) is 76.6 Å². The number of aromatic amines is 1. The SMILES string of the molecule is COc1ccc(C(=O)N2CCC(CN3CCN(Cc4ccc(-c5cc6c(-c7cc(F)cc(NC(=O)N8CC(O)C(CC(C)C)C8)c7C)ncnc6[nH]5)cc4)CC3)CC2)cc1N1CCC(=O)NC1=O. The Hall–Kier alpha value is -6.43. The van der Waals surface area contributed by atoms with Gasteiger partial charge in [-0.3, -0.25) is 24.7 Å². The van der Waals surface area contributed by atoms with Gasteiger partial charge in [-0.05, 0) is 91.1 Å². The Balaban J connectivity index is 0.764. The molecule has 2 atom stereocenters. The van der Waals surface area contributed by atoms with Crippen molar-refractivity contribution in [2.75, 3.05) is 82.8 Å². The molecule has 16 nitrogen and oxygen atoms in total. The number of methoxy groups -OCH3 is 1. The number of piperidine rings is 1. The van der Waals surface area contributed by atoms with E-state index in [0.717, 1.165) is 75.2 Å². The van der Waals surface area contributed by atoms with Gasteiger partial charge in [0.05, 0.1) is 24.6 Å². The summed E-state index contributed by atoms with van der Waals surface area (Å²) in [6.07, 6.45) is 3.74. The summed E-state index contributed by atoms with van der Waals surface area (Å²) < 4.78 is 20.7. The molecule has 358 valence electrons. The molecule has 4 fully saturated rings. The molecule has 4 saturated heterocycles. The van der Waals surface area contributed by atoms with Crippen molar-refractivity contribution >= 4 is 46.3 Å². The predicted molar refractivity (Wildman–Crippen MR) is 258 cm³/mol. The molecule has 68 heavy (non-hydrogen) atoms. The van der Waals surface area contributed by atoms with Gasteiger partial charge in [-0.2, -0.15) is 0 Å². The molecule has 2 unspecified atom stereocenters. The highest BCUT2D eigenvalue weighted by Gasteiger charge is 2.35. The Labute approximate surface area is 395 Å². The number of nitrogens with zero attached hydrogens (tertiary/aromatic N) is 7. The Morgan fingerprint density at radius 3 is 2.38 bits per heavy atom. The third kappa shape index (κ3) is 10.2. The molecule has 4 aliphatic heterocycles. The van der Waals surface area contributed by atoms with E-state index in [1.165, 1.54) is 36.0 Å². The summed E-state index contributed by atoms with van der Waals surface area (Å²) >= 11 is 0. The first kappa shape index (κ1) is 46.7. The number of aliphatic hydroxyl groups excluding tert-OH is 1. The molecule has 0 spiro atoms. The van der Waals surface area contributed by atoms with E-state index in [1.807, 2.05) is 17.9 Å². The largest absolute Gasteiger partial charge is 0.495 e. The Bertz CT molecular complexity index is 2680. The van der Waals surface area contributed by atoms with Crippen LogP contribution in [0.2, 0.25) is 0 Å². The number of ether oxygens (including phenoxy) is 1. The van der Waals surface area contributed by atoms with Crippen LogP contribution < -0.4 is 20.3 Å². The number of fused-ring (bicyclic) bond motifs is 1. The number of hydrogen-bond acceptors (Lipinski definition) is 10. The van der Waals surface area contributed by atoms with Gasteiger partial charge in [0.1, 0.15) is 23.5 Å². The Morgan fingerprint density at radius 1 is 0.912 bits per heavy atom. The van der Waals surface area contributed by atoms with Crippen LogP contribution in [-0.2, 0) is 11.3 Å². The number of β-amino-alcohol motifs (C(OH)–C–C–N with tert-alkyl or cyclic N) is 1. The van der Waals surface area contributed by atoms with Crippen LogP contribution >= 0.6 is 0 Å². The summed E-state index contributed by atoms with van der Waals surface area (Å²) in [5.41, 5.74) is 6.80. The fourth-order valence-electron chi connectivity index (χ4n) is 10.3. The fourth-order valence-corrected chi connectivity index (χ4v) is 10.3. The molecule has 3 aromatic carbocycles. The predicted octanol–water partition coefficient (Wildman–Crippen LogP) is 6.74. The first-order chi connectivity index (χ1) is 32.8. The van der Waals surface area contributed by atoms with Gasteiger partial charge >= 0.3 is 12.1 Å². The molecule has 6 heterocycles. The highest BCUT2D eigenvalue weighted by Crippen LogP contribution is 2.36. The van der Waals surface area contributed by atoms with Crippen LogP contribution in [0.4, 0.5) is 25.4 Å². The average molecular weight is 929 g/mol. The summed E-state index contributed by atoms with van der Waals surface area (Å²) in [7, 11) is 1.52. The van der Waals surface area contributed by atoms with Gasteiger partial charge in [-0.1, -0.05) is 38.1 Å². The Kier molecular flexibility index (Phi) is 13.8. The number of carbonyl (C=O) groups is 4. The number of amides is 6. The molecule has 4 N–H and O–H groups in total. The van der Waals surface area contributed by atoms with Gasteiger partial charge in [-0.15, -0.1) is 0 Å². The topological polar surface area (TPSA) is 180 Å². The lowest BCUT2D eigenvalue weighted by Crippen LogP contribution is -2.49. The molecule has 0 bridgehead atoms. The van der Waals surface area contributed by atoms with Gasteiger partial charge in [0, 0.05) is 112 Å². The number of aliphatic hydroxyl groups is 1. The van der Waals surface area contributed by atoms with Crippen LogP contribution in [0.3, 0.4) is 0 Å². The second-order valence-corrected chi connectivity index (χ2v) is 19.2. The number of halogens is 1. The van der Waals surface area contributed by atoms with Crippen molar-refractivity contribution in [3.63, 3.8) is 0 Å². The fraction of sp³-hybridized carbons (Fsp3) is 0.451. The first-order valence-electron chi connectivity index (χ1n) is 23.8. The van der Waals surface area contributed by atoms with E-state index in [1.54, 1.807) is 23.1 Å². The lowest BCUT2D eigenvalue weighted by Gasteiger charge is -2.39. The zero-order chi connectivity index (χ0) is 47.6. The maximum absolute atomic E-state index is 15.2. The van der Waals surface area contributed by atoms with Crippen molar-refractivity contribution in [2.24, 2.45) is 17.8 Å². The van der Waals surface area contributed by atoms with Crippen molar-refractivity contribution < 1.29 is 33.4 Å². The maximum atomic E-state index is 15.2. The van der Waals surface area contributed by atoms with Crippen molar-refractivity contribution in [3.8, 4) is 28.3 Å². The molecule has 0 radical (unpaired) electrons. The molecule has 4 aliphatic rings. The maximum Gasteiger partial charge on any atom is 0.328 e. The van der Waals surface area contributed by atoms with Crippen LogP contribution in [-0.4, -0.2) is 142 Å². The second kappa shape index (κ2) is 20.0. The van der Waals surface area contributed by atoms with E-state index in [9.17, 15) is 24.3 Å². The number of benzene rings is 3. The number of hydrogen-bond donors (Lipinski definition) is 4. The number of urea groups is 2. The summed E-state index contributed by atoms with van der Waals surface area (Å²) in [5.74, 6) is 0.496. The third-order valence-corrected chi connectivity index (χ3v) is 14.1. The number of imide groups is 1. The minimum Gasteiger partial charge on any atom is -0.495 e. The van der Waals surface area contributed by atoms with E-state index in [4.69, 9.17) is 4.74 Å². The van der Waals surface area contributed by atoms with E-state index >= 15 is 4.39 Å².